The number of aromatic nitrogens is 2. The Hall–Kier alpha value is -3.36. The number of aryl methyl sites for hydroxylation is 2. The smallest absolute Gasteiger partial charge is 0.234 e. The Balaban J connectivity index is 1.30. The van der Waals surface area contributed by atoms with Crippen LogP contribution in [0.4, 0.5) is 23.0 Å². The molecule has 1 fully saturated rings. The first-order chi connectivity index (χ1) is 18.7. The second kappa shape index (κ2) is 11.0. The van der Waals surface area contributed by atoms with E-state index in [0.717, 1.165) is 65.8 Å². The molecule has 1 aromatic heterocycles. The maximum atomic E-state index is 12.5. The number of carbonyl (C=O) groups excluding carboxylic acids is 1. The van der Waals surface area contributed by atoms with Crippen LogP contribution in [0, 0.1) is 0 Å². The molecule has 0 unspecified atom stereocenters. The number of amides is 1. The van der Waals surface area contributed by atoms with Gasteiger partial charge in [-0.1, -0.05) is 23.7 Å². The molecule has 3 heterocycles. The number of hydrogen-bond acceptors (Lipinski definition) is 7. The molecular weight excluding hydrogens is 512 g/mol. The molecule has 8 nitrogen and oxygen atoms in total. The first-order valence-electron chi connectivity index (χ1n) is 13.6. The van der Waals surface area contributed by atoms with Gasteiger partial charge in [0.25, 0.3) is 0 Å². The Bertz CT molecular complexity index is 1370. The van der Waals surface area contributed by atoms with Crippen LogP contribution < -0.4 is 20.3 Å². The van der Waals surface area contributed by atoms with Gasteiger partial charge in [-0.2, -0.15) is 0 Å². The van der Waals surface area contributed by atoms with Crippen LogP contribution >= 0.6 is 11.6 Å². The summed E-state index contributed by atoms with van der Waals surface area (Å²) in [5.74, 6) is 1.22. The minimum atomic E-state index is -0.571. The lowest BCUT2D eigenvalue weighted by Crippen LogP contribution is -2.48. The monoisotopic (exact) mass is 548 g/mol. The van der Waals surface area contributed by atoms with Crippen molar-refractivity contribution in [1.29, 1.82) is 0 Å². The van der Waals surface area contributed by atoms with E-state index in [1.807, 2.05) is 32.0 Å². The second-order valence-corrected chi connectivity index (χ2v) is 11.4. The Kier molecular flexibility index (Phi) is 7.69. The molecule has 0 saturated carbocycles. The fourth-order valence-corrected chi connectivity index (χ4v) is 5.72. The van der Waals surface area contributed by atoms with Crippen molar-refractivity contribution in [3.05, 3.63) is 64.4 Å². The lowest BCUT2D eigenvalue weighted by atomic mass is 9.82. The zero-order chi connectivity index (χ0) is 27.7. The summed E-state index contributed by atoms with van der Waals surface area (Å²) in [6.07, 6.45) is 2.96. The van der Waals surface area contributed by atoms with Crippen molar-refractivity contribution in [3.63, 3.8) is 0 Å². The highest BCUT2D eigenvalue weighted by Gasteiger charge is 2.39. The fraction of sp³-hybridized carbons (Fsp3) is 0.433. The van der Waals surface area contributed by atoms with Crippen molar-refractivity contribution in [3.8, 4) is 5.75 Å². The third-order valence-electron chi connectivity index (χ3n) is 7.88. The van der Waals surface area contributed by atoms with Gasteiger partial charge < -0.3 is 20.3 Å². The third-order valence-corrected chi connectivity index (χ3v) is 8.20. The van der Waals surface area contributed by atoms with Gasteiger partial charge in [0.05, 0.1) is 35.1 Å². The zero-order valence-electron chi connectivity index (χ0n) is 23.3. The normalized spacial score (nSPS) is 16.8. The van der Waals surface area contributed by atoms with Crippen molar-refractivity contribution >= 4 is 40.5 Å². The second-order valence-electron chi connectivity index (χ2n) is 11.0. The molecule has 2 aliphatic heterocycles. The molecule has 5 rings (SSSR count). The van der Waals surface area contributed by atoms with Gasteiger partial charge in [0, 0.05) is 49.7 Å². The predicted molar refractivity (Wildman–Crippen MR) is 158 cm³/mol. The zero-order valence-corrected chi connectivity index (χ0v) is 24.1. The van der Waals surface area contributed by atoms with Crippen molar-refractivity contribution in [2.45, 2.75) is 52.0 Å². The topological polar surface area (TPSA) is 82.6 Å². The largest absolute Gasteiger partial charge is 0.494 e. The molecule has 1 saturated heterocycles. The van der Waals surface area contributed by atoms with Crippen molar-refractivity contribution in [2.24, 2.45) is 0 Å². The number of carbonyl (C=O) groups is 1. The molecule has 0 bridgehead atoms. The van der Waals surface area contributed by atoms with Gasteiger partial charge in [-0.25, -0.2) is 9.97 Å². The van der Waals surface area contributed by atoms with Crippen molar-refractivity contribution < 1.29 is 9.53 Å². The maximum Gasteiger partial charge on any atom is 0.234 e. The van der Waals surface area contributed by atoms with Gasteiger partial charge >= 0.3 is 0 Å². The molecule has 1 amide bonds. The number of ether oxygens (including phenoxy) is 1. The molecule has 2 aromatic carbocycles. The van der Waals surface area contributed by atoms with Crippen molar-refractivity contribution in [1.82, 2.24) is 14.9 Å². The molecular formula is C30H37ClN6O2. The Morgan fingerprint density at radius 3 is 2.62 bits per heavy atom. The number of halogens is 1. The van der Waals surface area contributed by atoms with Gasteiger partial charge in [-0.15, -0.1) is 0 Å². The molecule has 9 heteroatoms. The summed E-state index contributed by atoms with van der Waals surface area (Å²) in [6.45, 7) is 12.5. The fourth-order valence-electron chi connectivity index (χ4n) is 5.53. The molecule has 0 spiro atoms. The van der Waals surface area contributed by atoms with Crippen LogP contribution in [0.2, 0.25) is 5.02 Å². The highest BCUT2D eigenvalue weighted by Crippen LogP contribution is 2.40. The third kappa shape index (κ3) is 5.54. The number of piperazine rings is 1. The summed E-state index contributed by atoms with van der Waals surface area (Å²) in [5, 5.41) is 6.83. The van der Waals surface area contributed by atoms with Crippen LogP contribution in [0.15, 0.2) is 42.6 Å². The summed E-state index contributed by atoms with van der Waals surface area (Å²) in [6, 6.07) is 12.8. The molecule has 0 aliphatic carbocycles. The van der Waals surface area contributed by atoms with E-state index in [4.69, 9.17) is 21.3 Å². The van der Waals surface area contributed by atoms with Gasteiger partial charge in [0.2, 0.25) is 11.9 Å². The Labute approximate surface area is 235 Å². The number of rotatable bonds is 8. The predicted octanol–water partition coefficient (Wildman–Crippen LogP) is 5.43. The molecule has 206 valence electrons. The van der Waals surface area contributed by atoms with Crippen LogP contribution in [-0.2, 0) is 23.1 Å². The number of benzene rings is 2. The Morgan fingerprint density at radius 1 is 1.13 bits per heavy atom. The standard InChI is InChI=1S/C30H37ClN6O2/c1-19(2)36-13-15-37(16-14-36)21-10-12-24(26(17-21)39-5)35-29-32-18-22(31)23(34-29)11-9-20-7-6-8-25-27(20)30(3,4)28(38)33-25/h6-8,10,12,17-19H,9,11,13-16H2,1-5H3,(H,33,38)(H,32,34,35). The maximum absolute atomic E-state index is 12.5. The highest BCUT2D eigenvalue weighted by atomic mass is 35.5. The first-order valence-corrected chi connectivity index (χ1v) is 13.9. The minimum Gasteiger partial charge on any atom is -0.494 e. The molecule has 2 aliphatic rings. The van der Waals surface area contributed by atoms with E-state index in [1.165, 1.54) is 0 Å². The average Bonchev–Trinajstić information content (AvgIpc) is 3.17. The lowest BCUT2D eigenvalue weighted by Gasteiger charge is -2.38. The summed E-state index contributed by atoms with van der Waals surface area (Å²) in [4.78, 5) is 26.5. The van der Waals surface area contributed by atoms with Gasteiger partial charge in [0.1, 0.15) is 5.75 Å². The molecule has 0 atom stereocenters. The number of methoxy groups -OCH3 is 1. The number of nitrogens with zero attached hydrogens (tertiary/aromatic N) is 4. The quantitative estimate of drug-likeness (QED) is 0.388. The highest BCUT2D eigenvalue weighted by molar-refractivity contribution is 6.31. The Morgan fingerprint density at radius 2 is 1.90 bits per heavy atom. The van der Waals surface area contributed by atoms with Gasteiger partial charge in [-0.3, -0.25) is 9.69 Å². The number of fused-ring (bicyclic) bond motifs is 1. The van der Waals surface area contributed by atoms with E-state index in [-0.39, 0.29) is 5.91 Å². The lowest BCUT2D eigenvalue weighted by molar-refractivity contribution is -0.119. The number of anilines is 4. The summed E-state index contributed by atoms with van der Waals surface area (Å²) >= 11 is 6.50. The molecule has 0 radical (unpaired) electrons. The van der Waals surface area contributed by atoms with Crippen LogP contribution in [0.1, 0.15) is 44.5 Å². The van der Waals surface area contributed by atoms with Crippen LogP contribution in [-0.4, -0.2) is 60.1 Å². The minimum absolute atomic E-state index is 0.0225. The van der Waals surface area contributed by atoms with Gasteiger partial charge in [-0.05, 0) is 69.9 Å². The average molecular weight is 549 g/mol. The van der Waals surface area contributed by atoms with Crippen LogP contribution in [0.25, 0.3) is 0 Å². The molecule has 39 heavy (non-hydrogen) atoms. The first kappa shape index (κ1) is 27.2. The van der Waals surface area contributed by atoms with E-state index in [9.17, 15) is 4.79 Å². The number of nitrogens with one attached hydrogen (secondary N) is 2. The van der Waals surface area contributed by atoms with E-state index >= 15 is 0 Å². The van der Waals surface area contributed by atoms with Gasteiger partial charge in [0.15, 0.2) is 0 Å². The van der Waals surface area contributed by atoms with Crippen LogP contribution in [0.5, 0.6) is 5.75 Å². The summed E-state index contributed by atoms with van der Waals surface area (Å²) in [7, 11) is 1.68. The van der Waals surface area contributed by atoms with E-state index in [1.54, 1.807) is 13.3 Å². The van der Waals surface area contributed by atoms with Crippen LogP contribution in [0.3, 0.4) is 0 Å². The molecule has 3 aromatic rings. The SMILES string of the molecule is COc1cc(N2CCN(C(C)C)CC2)ccc1Nc1ncc(Cl)c(CCc2cccc3c2C(C)(C)C(=O)N3)n1. The molecule has 2 N–H and O–H groups in total. The van der Waals surface area contributed by atoms with E-state index in [0.29, 0.717) is 29.9 Å². The van der Waals surface area contributed by atoms with E-state index in [2.05, 4.69) is 57.5 Å². The summed E-state index contributed by atoms with van der Waals surface area (Å²) < 4.78 is 5.72. The van der Waals surface area contributed by atoms with E-state index < -0.39 is 5.41 Å². The summed E-state index contributed by atoms with van der Waals surface area (Å²) in [5.41, 5.74) is 5.17. The van der Waals surface area contributed by atoms with Crippen molar-refractivity contribution in [2.75, 3.05) is 48.8 Å². The number of hydrogen-bond donors (Lipinski definition) is 2.